The van der Waals surface area contributed by atoms with Gasteiger partial charge in [0.15, 0.2) is 0 Å². The van der Waals surface area contributed by atoms with Crippen LogP contribution in [0.3, 0.4) is 0 Å². The number of nitrogens with one attached hydrogen (secondary N) is 3. The Balaban J connectivity index is 0.958. The van der Waals surface area contributed by atoms with Crippen LogP contribution in [0.4, 0.5) is 14.5 Å². The molecule has 0 saturated carbocycles. The summed E-state index contributed by atoms with van der Waals surface area (Å²) in [5, 5.41) is 5.11. The van der Waals surface area contributed by atoms with E-state index in [0.29, 0.717) is 61.8 Å². The smallest absolute Gasteiger partial charge is 0.410 e. The van der Waals surface area contributed by atoms with E-state index < -0.39 is 97.1 Å². The molecule has 4 aromatic rings. The number of aromatic amines is 1. The molecule has 0 aliphatic carbocycles. The molecule has 21 nitrogen and oxygen atoms in total. The van der Waals surface area contributed by atoms with Crippen molar-refractivity contribution in [3.8, 4) is 11.8 Å². The maximum Gasteiger partial charge on any atom is 0.410 e. The average Bonchev–Trinajstić information content (AvgIpc) is 2.21. The molecule has 24 heteroatoms. The number of hydrogen-bond donors (Lipinski definition) is 3. The number of benzene rings is 3. The summed E-state index contributed by atoms with van der Waals surface area (Å²) in [6.45, 7) is 6.77. The Morgan fingerprint density at radius 3 is 2.18 bits per heavy atom. The van der Waals surface area contributed by atoms with Gasteiger partial charge >= 0.3 is 25.2 Å². The van der Waals surface area contributed by atoms with E-state index in [4.69, 9.17) is 18.5 Å². The van der Waals surface area contributed by atoms with Gasteiger partial charge in [-0.2, -0.15) is 8.78 Å². The van der Waals surface area contributed by atoms with Gasteiger partial charge < -0.3 is 39.4 Å². The SMILES string of the molecule is CN(C(=O)[C@@H]1CC[C@@H]2CCN(C(=O)CCCCCC#Cc3cccc4c3CN(C3CCC(=O)NC3=O)C4=O)C[C@H](NC(=O)c3cc4cc(C(F)(F)P(=O)(OCOC(=O)C(C)(C)C)OCOC(=O)C(C)(C)C)ccc4[nH]3)C(=O)N21)c1ccccc1. The highest BCUT2D eigenvalue weighted by Crippen LogP contribution is 2.67. The number of carbonyl (C=O) groups is 9. The van der Waals surface area contributed by atoms with Crippen LogP contribution in [0.25, 0.3) is 10.9 Å². The van der Waals surface area contributed by atoms with E-state index in [1.165, 1.54) is 73.3 Å². The highest BCUT2D eigenvalue weighted by Gasteiger charge is 2.56. The standard InChI is InChI=1S/C60H70F2N7O14P/c1-58(2,3)56(77)80-35-82-84(79,83-36-81-57(78)59(4,5)6)60(61,62)39-23-25-44-38(31-39)32-45(63-44)51(72)64-46-34-67(30-29-41-24-26-48(69(41)54(46)75)55(76)66(7)40-19-13-11-14-20-40)50(71)22-15-10-8-9-12-17-37-18-16-21-42-43(37)33-68(53(42)74)47-27-28-49(70)65-52(47)73/h11,13-14,16,18-21,23,25,31-32,41,46-48,63H,8-10,15,22,24,26-30,33-36H2,1-7H3,(H,64,72)(H,65,70,73)/t41-,46+,47?,48+/m1/s1. The van der Waals surface area contributed by atoms with Crippen LogP contribution in [-0.4, -0.2) is 131 Å². The number of carbonyl (C=O) groups excluding carboxylic acids is 9. The van der Waals surface area contributed by atoms with Crippen LogP contribution >= 0.6 is 7.60 Å². The molecular formula is C60H70F2N7O14P. The number of nitrogens with zero attached hydrogens (tertiary/aromatic N) is 4. The number of anilines is 1. The lowest BCUT2D eigenvalue weighted by Gasteiger charge is -2.39. The van der Waals surface area contributed by atoms with Crippen LogP contribution in [-0.2, 0) is 68.9 Å². The highest BCUT2D eigenvalue weighted by molar-refractivity contribution is 7.54. The quantitative estimate of drug-likeness (QED) is 0.0216. The minimum absolute atomic E-state index is 0.0293. The summed E-state index contributed by atoms with van der Waals surface area (Å²) >= 11 is 0. The molecule has 1 aromatic heterocycles. The summed E-state index contributed by atoms with van der Waals surface area (Å²) in [6, 6.07) is 15.0. The predicted octanol–water partition coefficient (Wildman–Crippen LogP) is 7.65. The second-order valence-corrected chi connectivity index (χ2v) is 25.4. The van der Waals surface area contributed by atoms with Crippen molar-refractivity contribution >= 4 is 77.5 Å². The minimum atomic E-state index is -5.70. The van der Waals surface area contributed by atoms with Crippen molar-refractivity contribution in [1.82, 2.24) is 30.3 Å². The molecule has 3 saturated heterocycles. The molecule has 5 heterocycles. The summed E-state index contributed by atoms with van der Waals surface area (Å²) in [5.74, 6) is 1.44. The first-order valence-electron chi connectivity index (χ1n) is 27.9. The Bertz CT molecular complexity index is 3310. The number of esters is 2. The van der Waals surface area contributed by atoms with Crippen molar-refractivity contribution < 1.29 is 75.0 Å². The molecule has 4 aliphatic rings. The van der Waals surface area contributed by atoms with Crippen molar-refractivity contribution in [2.75, 3.05) is 38.6 Å². The van der Waals surface area contributed by atoms with Crippen molar-refractivity contribution in [1.29, 1.82) is 0 Å². The molecule has 7 amide bonds. The molecule has 448 valence electrons. The van der Waals surface area contributed by atoms with Gasteiger partial charge in [-0.15, -0.1) is 0 Å². The molecular weight excluding hydrogens is 1110 g/mol. The molecule has 3 aromatic carbocycles. The summed E-state index contributed by atoms with van der Waals surface area (Å²) in [5.41, 5.74) is -5.07. The van der Waals surface area contributed by atoms with Gasteiger partial charge in [0.1, 0.15) is 23.8 Å². The Morgan fingerprint density at radius 2 is 1.51 bits per heavy atom. The Labute approximate surface area is 485 Å². The molecule has 3 fully saturated rings. The van der Waals surface area contributed by atoms with Crippen LogP contribution < -0.4 is 15.5 Å². The van der Waals surface area contributed by atoms with Gasteiger partial charge in [0.2, 0.25) is 43.1 Å². The number of H-pyrrole nitrogens is 1. The zero-order valence-electron chi connectivity index (χ0n) is 48.1. The van der Waals surface area contributed by atoms with E-state index in [9.17, 15) is 47.7 Å². The van der Waals surface area contributed by atoms with Gasteiger partial charge in [0, 0.05) is 85.3 Å². The van der Waals surface area contributed by atoms with Crippen molar-refractivity contribution in [2.24, 2.45) is 10.8 Å². The second kappa shape index (κ2) is 25.6. The van der Waals surface area contributed by atoms with Gasteiger partial charge in [-0.05, 0) is 128 Å². The number of amides is 7. The number of unbranched alkanes of at least 4 members (excludes halogenated alkanes) is 3. The van der Waals surface area contributed by atoms with Gasteiger partial charge in [-0.25, -0.2) is 0 Å². The number of para-hydroxylation sites is 1. The van der Waals surface area contributed by atoms with Crippen molar-refractivity contribution in [3.63, 3.8) is 0 Å². The van der Waals surface area contributed by atoms with Crippen LogP contribution in [0.5, 0.6) is 0 Å². The number of ether oxygens (including phenoxy) is 2. The molecule has 8 rings (SSSR count). The van der Waals surface area contributed by atoms with Crippen LogP contribution in [0, 0.1) is 22.7 Å². The number of aromatic nitrogens is 1. The van der Waals surface area contributed by atoms with Crippen molar-refractivity contribution in [2.45, 2.75) is 142 Å². The Kier molecular flexibility index (Phi) is 19.0. The van der Waals surface area contributed by atoms with Gasteiger partial charge in [0.25, 0.3) is 11.8 Å². The lowest BCUT2D eigenvalue weighted by Crippen LogP contribution is -2.61. The number of piperidine rings is 1. The summed E-state index contributed by atoms with van der Waals surface area (Å²) < 4.78 is 67.2. The third-order valence-electron chi connectivity index (χ3n) is 15.2. The summed E-state index contributed by atoms with van der Waals surface area (Å²) in [7, 11) is -4.08. The Hall–Kier alpha value is -7.80. The average molecular weight is 1180 g/mol. The lowest BCUT2D eigenvalue weighted by atomic mass is 9.98. The van der Waals surface area contributed by atoms with Crippen LogP contribution in [0.1, 0.15) is 143 Å². The fraction of sp³-hybridized carbons (Fsp3) is 0.483. The van der Waals surface area contributed by atoms with Crippen LogP contribution in [0.2, 0.25) is 0 Å². The number of rotatable bonds is 18. The normalized spacial score (nSPS) is 19.4. The third-order valence-corrected chi connectivity index (χ3v) is 17.0. The van der Waals surface area contributed by atoms with Crippen molar-refractivity contribution in [3.05, 3.63) is 101 Å². The first-order chi connectivity index (χ1) is 39.7. The maximum absolute atomic E-state index is 16.6. The summed E-state index contributed by atoms with van der Waals surface area (Å²) in [6.07, 6.45) is 3.90. The number of imide groups is 1. The second-order valence-electron chi connectivity index (χ2n) is 23.4. The molecule has 3 N–H and O–H groups in total. The largest absolute Gasteiger partial charge is 0.438 e. The third kappa shape index (κ3) is 13.9. The maximum atomic E-state index is 16.6. The highest BCUT2D eigenvalue weighted by atomic mass is 31.2. The first kappa shape index (κ1) is 62.3. The van der Waals surface area contributed by atoms with Crippen LogP contribution in [0.15, 0.2) is 72.8 Å². The van der Waals surface area contributed by atoms with E-state index in [1.807, 2.05) is 12.1 Å². The topological polar surface area (TPSA) is 260 Å². The predicted molar refractivity (Wildman–Crippen MR) is 301 cm³/mol. The fourth-order valence-corrected chi connectivity index (χ4v) is 11.6. The number of fused-ring (bicyclic) bond motifs is 3. The van der Waals surface area contributed by atoms with E-state index in [2.05, 4.69) is 27.5 Å². The van der Waals surface area contributed by atoms with Gasteiger partial charge in [0.05, 0.1) is 10.8 Å². The van der Waals surface area contributed by atoms with E-state index in [-0.39, 0.29) is 79.1 Å². The molecule has 0 bridgehead atoms. The fourth-order valence-electron chi connectivity index (χ4n) is 10.4. The summed E-state index contributed by atoms with van der Waals surface area (Å²) in [4.78, 5) is 129. The molecule has 1 unspecified atom stereocenters. The van der Waals surface area contributed by atoms with Gasteiger partial charge in [-0.3, -0.25) is 62.1 Å². The zero-order chi connectivity index (χ0) is 60.9. The molecule has 0 radical (unpaired) electrons. The zero-order valence-corrected chi connectivity index (χ0v) is 48.9. The minimum Gasteiger partial charge on any atom is -0.438 e. The first-order valence-corrected chi connectivity index (χ1v) is 29.5. The lowest BCUT2D eigenvalue weighted by molar-refractivity contribution is -0.163. The monoisotopic (exact) mass is 1180 g/mol. The van der Waals surface area contributed by atoms with E-state index >= 15 is 8.78 Å². The molecule has 4 aliphatic heterocycles. The number of hydrogen-bond acceptors (Lipinski definition) is 14. The molecule has 84 heavy (non-hydrogen) atoms. The molecule has 4 atom stereocenters. The van der Waals surface area contributed by atoms with E-state index in [0.717, 1.165) is 17.7 Å². The van der Waals surface area contributed by atoms with E-state index in [1.54, 1.807) is 43.4 Å². The Morgan fingerprint density at radius 1 is 0.821 bits per heavy atom. The molecule has 0 spiro atoms. The number of alkyl halides is 2. The number of halogens is 2. The van der Waals surface area contributed by atoms with Gasteiger partial charge in [-0.1, -0.05) is 48.6 Å². The number of likely N-dealkylation sites (N-methyl/N-ethyl adjacent to an activating group) is 1.